The normalized spacial score (nSPS) is 15.6. The van der Waals surface area contributed by atoms with Crippen LogP contribution < -0.4 is 10.9 Å². The Morgan fingerprint density at radius 1 is 1.27 bits per heavy atom. The minimum atomic E-state index is -0.473. The average Bonchev–Trinajstić information content (AvgIpc) is 2.40. The number of nitrogens with one attached hydrogen (secondary N) is 2. The number of nitrogens with zero attached hydrogens (tertiary/aromatic N) is 1. The van der Waals surface area contributed by atoms with E-state index in [1.54, 1.807) is 6.07 Å². The van der Waals surface area contributed by atoms with Crippen molar-refractivity contribution < 1.29 is 9.72 Å². The Morgan fingerprint density at radius 3 is 2.73 bits per heavy atom. The van der Waals surface area contributed by atoms with Crippen molar-refractivity contribution in [3.63, 3.8) is 0 Å². The number of rotatable bonds is 1. The zero-order chi connectivity index (χ0) is 10.8. The van der Waals surface area contributed by atoms with Crippen LogP contribution in [0.25, 0.3) is 0 Å². The molecule has 2 rings (SSSR count). The SMILES string of the molecule is O=C1CNNCc2c1cccc2[N+](=O)[O-]. The summed E-state index contributed by atoms with van der Waals surface area (Å²) in [6.45, 7) is 0.423. The van der Waals surface area contributed by atoms with Crippen LogP contribution in [0.5, 0.6) is 0 Å². The number of carbonyl (C=O) groups is 1. The largest absolute Gasteiger partial charge is 0.293 e. The Morgan fingerprint density at radius 2 is 2.00 bits per heavy atom. The van der Waals surface area contributed by atoms with E-state index in [4.69, 9.17) is 0 Å². The number of fused-ring (bicyclic) bond motifs is 1. The maximum Gasteiger partial charge on any atom is 0.274 e. The van der Waals surface area contributed by atoms with Gasteiger partial charge in [-0.3, -0.25) is 20.3 Å². The molecule has 78 valence electrons. The molecule has 0 spiro atoms. The van der Waals surface area contributed by atoms with Crippen molar-refractivity contribution in [1.29, 1.82) is 0 Å². The quantitative estimate of drug-likeness (QED) is 0.514. The summed E-state index contributed by atoms with van der Waals surface area (Å²) in [6.07, 6.45) is 0. The summed E-state index contributed by atoms with van der Waals surface area (Å²) in [6, 6.07) is 4.54. The molecule has 6 nitrogen and oxygen atoms in total. The van der Waals surface area contributed by atoms with E-state index in [2.05, 4.69) is 10.9 Å². The van der Waals surface area contributed by atoms with Crippen molar-refractivity contribution in [1.82, 2.24) is 10.9 Å². The van der Waals surface area contributed by atoms with Gasteiger partial charge in [0.1, 0.15) is 0 Å². The molecule has 1 aromatic rings. The van der Waals surface area contributed by atoms with Crippen molar-refractivity contribution in [3.8, 4) is 0 Å². The molecule has 0 fully saturated rings. The number of hydrogen-bond acceptors (Lipinski definition) is 5. The number of nitro groups is 1. The number of carbonyl (C=O) groups excluding carboxylic acids is 1. The van der Waals surface area contributed by atoms with Crippen LogP contribution in [0.2, 0.25) is 0 Å². The van der Waals surface area contributed by atoms with Crippen LogP contribution in [0.15, 0.2) is 18.2 Å². The van der Waals surface area contributed by atoms with Crippen molar-refractivity contribution in [2.24, 2.45) is 0 Å². The van der Waals surface area contributed by atoms with Crippen LogP contribution in [0.1, 0.15) is 15.9 Å². The minimum absolute atomic E-state index is 0.0166. The monoisotopic (exact) mass is 207 g/mol. The molecule has 15 heavy (non-hydrogen) atoms. The lowest BCUT2D eigenvalue weighted by Gasteiger charge is -2.03. The predicted octanol–water partition coefficient (Wildman–Crippen LogP) is 0.385. The van der Waals surface area contributed by atoms with Crippen LogP contribution >= 0.6 is 0 Å². The fourth-order valence-corrected chi connectivity index (χ4v) is 1.58. The molecule has 0 aliphatic carbocycles. The van der Waals surface area contributed by atoms with Gasteiger partial charge in [-0.2, -0.15) is 0 Å². The Hall–Kier alpha value is -1.79. The van der Waals surface area contributed by atoms with E-state index in [0.717, 1.165) is 0 Å². The highest BCUT2D eigenvalue weighted by molar-refractivity contribution is 6.00. The second-order valence-corrected chi connectivity index (χ2v) is 3.19. The van der Waals surface area contributed by atoms with Gasteiger partial charge in [0, 0.05) is 18.2 Å². The van der Waals surface area contributed by atoms with E-state index in [0.29, 0.717) is 11.1 Å². The second-order valence-electron chi connectivity index (χ2n) is 3.19. The molecule has 1 heterocycles. The van der Waals surface area contributed by atoms with E-state index in [1.165, 1.54) is 12.1 Å². The zero-order valence-corrected chi connectivity index (χ0v) is 7.82. The highest BCUT2D eigenvalue weighted by Gasteiger charge is 2.22. The molecule has 1 aliphatic rings. The molecule has 0 amide bonds. The first kappa shape index (κ1) is 9.75. The van der Waals surface area contributed by atoms with Gasteiger partial charge in [-0.15, -0.1) is 0 Å². The van der Waals surface area contributed by atoms with Crippen molar-refractivity contribution in [2.75, 3.05) is 6.54 Å². The first-order chi connectivity index (χ1) is 7.20. The summed E-state index contributed by atoms with van der Waals surface area (Å²) in [4.78, 5) is 21.8. The van der Waals surface area contributed by atoms with E-state index >= 15 is 0 Å². The van der Waals surface area contributed by atoms with Crippen LogP contribution in [-0.4, -0.2) is 17.3 Å². The van der Waals surface area contributed by atoms with Gasteiger partial charge >= 0.3 is 0 Å². The minimum Gasteiger partial charge on any atom is -0.293 e. The van der Waals surface area contributed by atoms with Crippen LogP contribution in [0, 0.1) is 10.1 Å². The third kappa shape index (κ3) is 1.72. The maximum atomic E-state index is 11.6. The van der Waals surface area contributed by atoms with Gasteiger partial charge in [-0.1, -0.05) is 12.1 Å². The first-order valence-corrected chi connectivity index (χ1v) is 4.45. The zero-order valence-electron chi connectivity index (χ0n) is 7.82. The number of hydrazine groups is 1. The molecular weight excluding hydrogens is 198 g/mol. The first-order valence-electron chi connectivity index (χ1n) is 4.45. The Bertz CT molecular complexity index is 431. The summed E-state index contributed by atoms with van der Waals surface area (Å²) in [5.74, 6) is -0.140. The van der Waals surface area contributed by atoms with Gasteiger partial charge in [-0.05, 0) is 0 Å². The number of hydrogen-bond donors (Lipinski definition) is 2. The molecule has 0 saturated heterocycles. The average molecular weight is 207 g/mol. The smallest absolute Gasteiger partial charge is 0.274 e. The molecule has 0 radical (unpaired) electrons. The third-order valence-corrected chi connectivity index (χ3v) is 2.29. The van der Waals surface area contributed by atoms with Gasteiger partial charge in [0.25, 0.3) is 5.69 Å². The Kier molecular flexibility index (Phi) is 2.44. The lowest BCUT2D eigenvalue weighted by Crippen LogP contribution is -2.32. The molecule has 0 aromatic heterocycles. The van der Waals surface area contributed by atoms with Crippen LogP contribution in [-0.2, 0) is 6.54 Å². The Labute approximate surface area is 85.4 Å². The maximum absolute atomic E-state index is 11.6. The molecule has 0 unspecified atom stereocenters. The van der Waals surface area contributed by atoms with E-state index < -0.39 is 4.92 Å². The summed E-state index contributed by atoms with van der Waals surface area (Å²) < 4.78 is 0. The Balaban J connectivity index is 2.58. The molecule has 0 atom stereocenters. The lowest BCUT2D eigenvalue weighted by molar-refractivity contribution is -0.385. The molecule has 1 aliphatic heterocycles. The van der Waals surface area contributed by atoms with E-state index in [-0.39, 0.29) is 24.6 Å². The highest BCUT2D eigenvalue weighted by atomic mass is 16.6. The van der Waals surface area contributed by atoms with Gasteiger partial charge in [-0.25, -0.2) is 5.43 Å². The summed E-state index contributed by atoms with van der Waals surface area (Å²) in [5, 5.41) is 10.7. The summed E-state index contributed by atoms with van der Waals surface area (Å²) in [5.41, 5.74) is 6.29. The predicted molar refractivity (Wildman–Crippen MR) is 52.3 cm³/mol. The van der Waals surface area contributed by atoms with E-state index in [1.807, 2.05) is 0 Å². The van der Waals surface area contributed by atoms with Crippen molar-refractivity contribution >= 4 is 11.5 Å². The van der Waals surface area contributed by atoms with E-state index in [9.17, 15) is 14.9 Å². The van der Waals surface area contributed by atoms with Gasteiger partial charge in [0.05, 0.1) is 17.0 Å². The number of nitro benzene ring substituents is 1. The number of Topliss-reactive ketones (excluding diaryl/α,β-unsaturated/α-hetero) is 1. The summed E-state index contributed by atoms with van der Waals surface area (Å²) >= 11 is 0. The second kappa shape index (κ2) is 3.76. The fourth-order valence-electron chi connectivity index (χ4n) is 1.58. The standard InChI is InChI=1S/C9H9N3O3/c13-9-5-11-10-4-7-6(9)2-1-3-8(7)12(14)15/h1-3,10-11H,4-5H2. The summed E-state index contributed by atoms with van der Waals surface area (Å²) in [7, 11) is 0. The topological polar surface area (TPSA) is 84.3 Å². The van der Waals surface area contributed by atoms with Crippen molar-refractivity contribution in [3.05, 3.63) is 39.4 Å². The molecule has 6 heteroatoms. The van der Waals surface area contributed by atoms with Crippen molar-refractivity contribution in [2.45, 2.75) is 6.54 Å². The van der Waals surface area contributed by atoms with Crippen LogP contribution in [0.3, 0.4) is 0 Å². The van der Waals surface area contributed by atoms with Gasteiger partial charge in [0.15, 0.2) is 5.78 Å². The van der Waals surface area contributed by atoms with Crippen LogP contribution in [0.4, 0.5) is 5.69 Å². The third-order valence-electron chi connectivity index (χ3n) is 2.29. The number of ketones is 1. The fraction of sp³-hybridized carbons (Fsp3) is 0.222. The lowest BCUT2D eigenvalue weighted by atomic mass is 10.0. The molecule has 2 N–H and O–H groups in total. The molecular formula is C9H9N3O3. The number of benzene rings is 1. The molecule has 0 bridgehead atoms. The molecule has 1 aromatic carbocycles. The molecule has 0 saturated carbocycles. The highest BCUT2D eigenvalue weighted by Crippen LogP contribution is 2.23. The van der Waals surface area contributed by atoms with Gasteiger partial charge < -0.3 is 0 Å². The van der Waals surface area contributed by atoms with Gasteiger partial charge in [0.2, 0.25) is 0 Å².